The van der Waals surface area contributed by atoms with Crippen LogP contribution in [-0.4, -0.2) is 17.8 Å². The molecular formula is C25H19BN2O. The molecule has 0 bridgehead atoms. The van der Waals surface area contributed by atoms with Crippen LogP contribution in [-0.2, 0) is 5.31 Å². The molecule has 3 aromatic heterocycles. The molecule has 3 heterocycles. The van der Waals surface area contributed by atoms with E-state index in [1.807, 2.05) is 18.3 Å². The quantitative estimate of drug-likeness (QED) is 0.349. The summed E-state index contributed by atoms with van der Waals surface area (Å²) in [6, 6.07) is 18.8. The van der Waals surface area contributed by atoms with Crippen LogP contribution in [0.1, 0.15) is 31.2 Å². The molecule has 6 rings (SSSR count). The number of hydrogen-bond donors (Lipinski definition) is 0. The Kier molecular flexibility index (Phi) is 3.58. The van der Waals surface area contributed by atoms with Crippen molar-refractivity contribution >= 4 is 40.7 Å². The summed E-state index contributed by atoms with van der Waals surface area (Å²) >= 11 is 0. The predicted molar refractivity (Wildman–Crippen MR) is 118 cm³/mol. The van der Waals surface area contributed by atoms with Gasteiger partial charge in [0.1, 0.15) is 5.58 Å². The third kappa shape index (κ3) is 2.52. The summed E-state index contributed by atoms with van der Waals surface area (Å²) in [6.45, 7) is 0. The monoisotopic (exact) mass is 374 g/mol. The van der Waals surface area contributed by atoms with Crippen LogP contribution in [0.2, 0.25) is 0 Å². The summed E-state index contributed by atoms with van der Waals surface area (Å²) in [5.41, 5.74) is 4.69. The van der Waals surface area contributed by atoms with Gasteiger partial charge in [0.2, 0.25) is 5.71 Å². The molecule has 0 amide bonds. The maximum atomic E-state index is 6.74. The number of rotatable bonds is 2. The largest absolute Gasteiger partial charge is 0.437 e. The van der Waals surface area contributed by atoms with E-state index in [9.17, 15) is 0 Å². The van der Waals surface area contributed by atoms with Gasteiger partial charge in [-0.15, -0.1) is 0 Å². The van der Waals surface area contributed by atoms with Crippen molar-refractivity contribution in [1.82, 2.24) is 9.97 Å². The Morgan fingerprint density at radius 3 is 2.59 bits per heavy atom. The minimum absolute atomic E-state index is 0.242. The van der Waals surface area contributed by atoms with Gasteiger partial charge in [0.15, 0.2) is 0 Å². The highest BCUT2D eigenvalue weighted by atomic mass is 16.3. The summed E-state index contributed by atoms with van der Waals surface area (Å²) < 4.78 is 6.21. The molecule has 0 aliphatic heterocycles. The second-order valence-electron chi connectivity index (χ2n) is 8.10. The molecule has 2 aromatic carbocycles. The fourth-order valence-corrected chi connectivity index (χ4v) is 4.83. The summed E-state index contributed by atoms with van der Waals surface area (Å²) in [7, 11) is 6.74. The maximum Gasteiger partial charge on any atom is 0.227 e. The Hall–Kier alpha value is -3.14. The molecule has 0 atom stereocenters. The highest BCUT2D eigenvalue weighted by Gasteiger charge is 2.30. The van der Waals surface area contributed by atoms with Crippen LogP contribution in [0.4, 0.5) is 0 Å². The molecule has 2 radical (unpaired) electrons. The van der Waals surface area contributed by atoms with Crippen LogP contribution in [0.15, 0.2) is 71.4 Å². The Morgan fingerprint density at radius 2 is 1.69 bits per heavy atom. The first-order chi connectivity index (χ1) is 14.2. The fourth-order valence-electron chi connectivity index (χ4n) is 4.83. The lowest BCUT2D eigenvalue weighted by atomic mass is 9.63. The molecule has 0 saturated heterocycles. The van der Waals surface area contributed by atoms with Gasteiger partial charge in [-0.3, -0.25) is 4.98 Å². The Balaban J connectivity index is 1.69. The van der Waals surface area contributed by atoms with Gasteiger partial charge < -0.3 is 4.42 Å². The van der Waals surface area contributed by atoms with Crippen LogP contribution in [0.25, 0.3) is 44.1 Å². The van der Waals surface area contributed by atoms with E-state index >= 15 is 0 Å². The van der Waals surface area contributed by atoms with Crippen molar-refractivity contribution < 1.29 is 4.42 Å². The van der Waals surface area contributed by atoms with Crippen molar-refractivity contribution in [3.05, 3.63) is 72.6 Å². The number of furan rings is 1. The minimum Gasteiger partial charge on any atom is -0.437 e. The van der Waals surface area contributed by atoms with Crippen LogP contribution < -0.4 is 0 Å². The number of benzene rings is 2. The molecule has 4 heteroatoms. The van der Waals surface area contributed by atoms with Crippen molar-refractivity contribution in [2.24, 2.45) is 0 Å². The van der Waals surface area contributed by atoms with E-state index in [4.69, 9.17) is 17.2 Å². The molecule has 138 valence electrons. The summed E-state index contributed by atoms with van der Waals surface area (Å²) in [5.74, 6) is 0. The number of aromatic nitrogens is 2. The van der Waals surface area contributed by atoms with Crippen molar-refractivity contribution in [3.63, 3.8) is 0 Å². The lowest BCUT2D eigenvalue weighted by molar-refractivity contribution is 0.635. The van der Waals surface area contributed by atoms with Gasteiger partial charge in [0.25, 0.3) is 0 Å². The first-order valence-electron chi connectivity index (χ1n) is 10.2. The van der Waals surface area contributed by atoms with Crippen molar-refractivity contribution in [2.45, 2.75) is 31.0 Å². The van der Waals surface area contributed by atoms with E-state index in [1.165, 1.54) is 18.4 Å². The third-order valence-corrected chi connectivity index (χ3v) is 6.35. The van der Waals surface area contributed by atoms with Crippen LogP contribution in [0.3, 0.4) is 0 Å². The lowest BCUT2D eigenvalue weighted by Crippen LogP contribution is -2.22. The fraction of sp³-hybridized carbons (Fsp3) is 0.200. The van der Waals surface area contributed by atoms with E-state index in [0.717, 1.165) is 51.2 Å². The van der Waals surface area contributed by atoms with Gasteiger partial charge in [-0.2, -0.15) is 0 Å². The van der Waals surface area contributed by atoms with E-state index in [-0.39, 0.29) is 5.31 Å². The van der Waals surface area contributed by atoms with Crippen LogP contribution in [0.5, 0.6) is 0 Å². The number of nitrogens with zero attached hydrogens (tertiary/aromatic N) is 2. The first kappa shape index (κ1) is 16.8. The molecule has 29 heavy (non-hydrogen) atoms. The summed E-state index contributed by atoms with van der Waals surface area (Å²) in [4.78, 5) is 9.18. The molecule has 0 unspecified atom stereocenters. The van der Waals surface area contributed by atoms with E-state index < -0.39 is 0 Å². The highest BCUT2D eigenvalue weighted by Crippen LogP contribution is 2.42. The highest BCUT2D eigenvalue weighted by molar-refractivity contribution is 6.20. The average molecular weight is 374 g/mol. The van der Waals surface area contributed by atoms with E-state index in [2.05, 4.69) is 47.4 Å². The molecule has 3 nitrogen and oxygen atoms in total. The van der Waals surface area contributed by atoms with Gasteiger partial charge in [-0.05, 0) is 46.6 Å². The molecule has 1 aliphatic rings. The van der Waals surface area contributed by atoms with Gasteiger partial charge in [-0.25, -0.2) is 4.98 Å². The van der Waals surface area contributed by atoms with Gasteiger partial charge in [0, 0.05) is 34.1 Å². The summed E-state index contributed by atoms with van der Waals surface area (Å²) in [6.07, 6.45) is 8.09. The Morgan fingerprint density at radius 1 is 0.862 bits per heavy atom. The smallest absolute Gasteiger partial charge is 0.227 e. The van der Waals surface area contributed by atoms with Crippen molar-refractivity contribution in [1.29, 1.82) is 0 Å². The van der Waals surface area contributed by atoms with E-state index in [1.54, 1.807) is 6.20 Å². The zero-order valence-corrected chi connectivity index (χ0v) is 16.1. The minimum atomic E-state index is -0.242. The molecular weight excluding hydrogens is 355 g/mol. The zero-order valence-electron chi connectivity index (χ0n) is 16.1. The molecule has 5 aromatic rings. The second kappa shape index (κ2) is 6.18. The summed E-state index contributed by atoms with van der Waals surface area (Å²) in [5, 5.41) is 4.05. The first-order valence-corrected chi connectivity index (χ1v) is 10.2. The zero-order chi connectivity index (χ0) is 19.4. The number of fused-ring (bicyclic) bond motifs is 5. The lowest BCUT2D eigenvalue weighted by Gasteiger charge is -2.25. The maximum absolute atomic E-state index is 6.74. The Labute approximate surface area is 170 Å². The van der Waals surface area contributed by atoms with Gasteiger partial charge >= 0.3 is 0 Å². The predicted octanol–water partition coefficient (Wildman–Crippen LogP) is 6.13. The van der Waals surface area contributed by atoms with Crippen LogP contribution >= 0.6 is 0 Å². The molecule has 1 aliphatic carbocycles. The second-order valence-corrected chi connectivity index (χ2v) is 8.10. The van der Waals surface area contributed by atoms with Crippen molar-refractivity contribution in [2.75, 3.05) is 0 Å². The Bertz CT molecular complexity index is 1380. The van der Waals surface area contributed by atoms with Gasteiger partial charge in [-0.1, -0.05) is 49.9 Å². The van der Waals surface area contributed by atoms with Crippen molar-refractivity contribution in [3.8, 4) is 11.3 Å². The van der Waals surface area contributed by atoms with E-state index in [0.29, 0.717) is 5.71 Å². The number of pyridine rings is 2. The van der Waals surface area contributed by atoms with Gasteiger partial charge in [0.05, 0.1) is 13.5 Å². The molecule has 1 saturated carbocycles. The molecule has 0 spiro atoms. The topological polar surface area (TPSA) is 38.9 Å². The van der Waals surface area contributed by atoms with Crippen LogP contribution in [0, 0.1) is 0 Å². The third-order valence-electron chi connectivity index (χ3n) is 6.35. The molecule has 0 N–H and O–H groups in total. The number of hydrogen-bond acceptors (Lipinski definition) is 3. The molecule has 1 fully saturated rings. The SMILES string of the molecule is [B]C1(c2ccnc(-c3cc4ccccc4c4oc5ncccc5c34)c2)CCCC1. The normalized spacial score (nSPS) is 16.1. The average Bonchev–Trinajstić information content (AvgIpc) is 3.38. The standard InChI is InChI=1S/C25H19BN2O/c26-25(10-3-4-11-25)17-9-13-27-21(15-17)20-14-16-6-1-2-7-18(16)23-22(20)19-8-5-12-28-24(19)29-23/h1-2,5-9,12-15H,3-4,10-11H2.